The van der Waals surface area contributed by atoms with E-state index in [0.29, 0.717) is 0 Å². The molecule has 23 heavy (non-hydrogen) atoms. The molecule has 0 heterocycles. The Labute approximate surface area is 134 Å². The lowest BCUT2D eigenvalue weighted by atomic mass is 9.92. The maximum atomic E-state index is 13.0. The Hall–Kier alpha value is -2.00. The number of rotatable bonds is 7. The molecule has 1 aromatic rings. The average molecular weight is 346 g/mol. The van der Waals surface area contributed by atoms with Gasteiger partial charge in [0.05, 0.1) is 12.3 Å². The molecule has 0 radical (unpaired) electrons. The number of hydrogen-bond donors (Lipinski definition) is 2. The second kappa shape index (κ2) is 7.05. The second-order valence-electron chi connectivity index (χ2n) is 5.14. The van der Waals surface area contributed by atoms with Gasteiger partial charge in [0.2, 0.25) is 15.9 Å². The standard InChI is InChI=1S/C14H19FN2O5S/c1-4-23(21,22)17(3)9-12(18)16-14(2,13(19)20)10-5-7-11(15)8-6-10/h5-8H,4,9H2,1-3H3,(H,16,18)(H,19,20). The number of carboxylic acids is 1. The van der Waals surface area contributed by atoms with Crippen LogP contribution in [0.5, 0.6) is 0 Å². The van der Waals surface area contributed by atoms with Crippen molar-refractivity contribution in [2.24, 2.45) is 0 Å². The molecular formula is C14H19FN2O5S. The average Bonchev–Trinajstić information content (AvgIpc) is 2.47. The number of carboxylic acid groups (broad SMARTS) is 1. The van der Waals surface area contributed by atoms with Gasteiger partial charge in [-0.25, -0.2) is 17.6 Å². The summed E-state index contributed by atoms with van der Waals surface area (Å²) < 4.78 is 37.1. The van der Waals surface area contributed by atoms with Crippen LogP contribution in [0.4, 0.5) is 4.39 Å². The van der Waals surface area contributed by atoms with Crippen molar-refractivity contribution in [1.82, 2.24) is 9.62 Å². The van der Waals surface area contributed by atoms with E-state index in [0.717, 1.165) is 16.4 Å². The highest BCUT2D eigenvalue weighted by atomic mass is 32.2. The van der Waals surface area contributed by atoms with E-state index < -0.39 is 39.8 Å². The van der Waals surface area contributed by atoms with Crippen LogP contribution in [-0.4, -0.2) is 49.1 Å². The summed E-state index contributed by atoms with van der Waals surface area (Å²) in [6, 6.07) is 4.65. The Morgan fingerprint density at radius 1 is 1.30 bits per heavy atom. The van der Waals surface area contributed by atoms with Crippen LogP contribution in [0.2, 0.25) is 0 Å². The first-order valence-electron chi connectivity index (χ1n) is 6.77. The van der Waals surface area contributed by atoms with E-state index in [1.54, 1.807) is 0 Å². The van der Waals surface area contributed by atoms with E-state index >= 15 is 0 Å². The maximum absolute atomic E-state index is 13.0. The summed E-state index contributed by atoms with van der Waals surface area (Å²) in [5.41, 5.74) is -1.64. The largest absolute Gasteiger partial charge is 0.479 e. The van der Waals surface area contributed by atoms with Crippen LogP contribution >= 0.6 is 0 Å². The Morgan fingerprint density at radius 2 is 1.83 bits per heavy atom. The predicted molar refractivity (Wildman–Crippen MR) is 81.6 cm³/mol. The molecule has 0 spiro atoms. The molecule has 1 atom stereocenters. The molecule has 0 bridgehead atoms. The van der Waals surface area contributed by atoms with E-state index in [2.05, 4.69) is 5.32 Å². The third-order valence-corrected chi connectivity index (χ3v) is 5.25. The van der Waals surface area contributed by atoms with E-state index in [4.69, 9.17) is 0 Å². The Kier molecular flexibility index (Phi) is 5.84. The van der Waals surface area contributed by atoms with Crippen molar-refractivity contribution in [1.29, 1.82) is 0 Å². The molecule has 1 unspecified atom stereocenters. The van der Waals surface area contributed by atoms with E-state index in [-0.39, 0.29) is 11.3 Å². The van der Waals surface area contributed by atoms with Gasteiger partial charge in [0.1, 0.15) is 5.82 Å². The highest BCUT2D eigenvalue weighted by molar-refractivity contribution is 7.89. The van der Waals surface area contributed by atoms with Gasteiger partial charge in [-0.15, -0.1) is 0 Å². The minimum atomic E-state index is -3.56. The molecule has 0 saturated heterocycles. The molecular weight excluding hydrogens is 327 g/mol. The minimum Gasteiger partial charge on any atom is -0.479 e. The molecule has 1 rings (SSSR count). The van der Waals surface area contributed by atoms with Crippen LogP contribution in [-0.2, 0) is 25.2 Å². The van der Waals surface area contributed by atoms with Gasteiger partial charge in [0.15, 0.2) is 5.54 Å². The topological polar surface area (TPSA) is 104 Å². The van der Waals surface area contributed by atoms with Crippen LogP contribution in [0.3, 0.4) is 0 Å². The van der Waals surface area contributed by atoms with Gasteiger partial charge in [-0.05, 0) is 31.5 Å². The van der Waals surface area contributed by atoms with Crippen LogP contribution in [0, 0.1) is 5.82 Å². The molecule has 2 N–H and O–H groups in total. The van der Waals surface area contributed by atoms with Crippen molar-refractivity contribution < 1.29 is 27.5 Å². The summed E-state index contributed by atoms with van der Waals surface area (Å²) in [7, 11) is -2.33. The Morgan fingerprint density at radius 3 is 2.26 bits per heavy atom. The molecule has 0 aromatic heterocycles. The molecule has 1 amide bonds. The fourth-order valence-corrected chi connectivity index (χ4v) is 2.63. The summed E-state index contributed by atoms with van der Waals surface area (Å²) >= 11 is 0. The number of aliphatic carboxylic acids is 1. The van der Waals surface area contributed by atoms with Crippen molar-refractivity contribution in [2.75, 3.05) is 19.3 Å². The molecule has 7 nitrogen and oxygen atoms in total. The Balaban J connectivity index is 2.98. The zero-order valence-electron chi connectivity index (χ0n) is 13.0. The highest BCUT2D eigenvalue weighted by Crippen LogP contribution is 2.21. The zero-order chi connectivity index (χ0) is 17.8. The number of hydrogen-bond acceptors (Lipinski definition) is 4. The Bertz CT molecular complexity index is 690. The van der Waals surface area contributed by atoms with Gasteiger partial charge < -0.3 is 10.4 Å². The molecule has 0 fully saturated rings. The highest BCUT2D eigenvalue weighted by Gasteiger charge is 2.37. The molecule has 0 aliphatic heterocycles. The number of likely N-dealkylation sites (N-methyl/N-ethyl adjacent to an activating group) is 1. The van der Waals surface area contributed by atoms with Crippen LogP contribution in [0.1, 0.15) is 19.4 Å². The van der Waals surface area contributed by atoms with Crippen molar-refractivity contribution in [3.63, 3.8) is 0 Å². The van der Waals surface area contributed by atoms with Crippen molar-refractivity contribution in [2.45, 2.75) is 19.4 Å². The van der Waals surface area contributed by atoms with Gasteiger partial charge in [-0.1, -0.05) is 12.1 Å². The summed E-state index contributed by atoms with van der Waals surface area (Å²) in [5, 5.41) is 11.7. The molecule has 128 valence electrons. The van der Waals surface area contributed by atoms with Gasteiger partial charge in [0, 0.05) is 7.05 Å². The fraction of sp³-hybridized carbons (Fsp3) is 0.429. The zero-order valence-corrected chi connectivity index (χ0v) is 13.9. The van der Waals surface area contributed by atoms with Crippen LogP contribution in [0.25, 0.3) is 0 Å². The number of sulfonamides is 1. The molecule has 0 aliphatic rings. The first kappa shape index (κ1) is 19.0. The third-order valence-electron chi connectivity index (χ3n) is 3.44. The molecule has 0 saturated carbocycles. The van der Waals surface area contributed by atoms with Gasteiger partial charge >= 0.3 is 5.97 Å². The van der Waals surface area contributed by atoms with Crippen molar-refractivity contribution in [3.8, 4) is 0 Å². The second-order valence-corrected chi connectivity index (χ2v) is 7.51. The molecule has 0 aliphatic carbocycles. The lowest BCUT2D eigenvalue weighted by Crippen LogP contribution is -2.52. The van der Waals surface area contributed by atoms with Crippen LogP contribution < -0.4 is 5.32 Å². The number of amides is 1. The molecule has 1 aromatic carbocycles. The predicted octanol–water partition coefficient (Wildman–Crippen LogP) is 0.523. The third kappa shape index (κ3) is 4.49. The van der Waals surface area contributed by atoms with Crippen molar-refractivity contribution in [3.05, 3.63) is 35.6 Å². The van der Waals surface area contributed by atoms with Gasteiger partial charge in [-0.3, -0.25) is 4.79 Å². The number of carbonyl (C=O) groups excluding carboxylic acids is 1. The van der Waals surface area contributed by atoms with Gasteiger partial charge in [-0.2, -0.15) is 4.31 Å². The monoisotopic (exact) mass is 346 g/mol. The smallest absolute Gasteiger partial charge is 0.333 e. The van der Waals surface area contributed by atoms with E-state index in [9.17, 15) is 27.5 Å². The van der Waals surface area contributed by atoms with Gasteiger partial charge in [0.25, 0.3) is 0 Å². The first-order chi connectivity index (χ1) is 10.5. The SMILES string of the molecule is CCS(=O)(=O)N(C)CC(=O)NC(C)(C(=O)O)c1ccc(F)cc1. The number of carbonyl (C=O) groups is 2. The lowest BCUT2D eigenvalue weighted by molar-refractivity contribution is -0.147. The van der Waals surface area contributed by atoms with Crippen LogP contribution in [0.15, 0.2) is 24.3 Å². The lowest BCUT2D eigenvalue weighted by Gasteiger charge is -2.27. The maximum Gasteiger partial charge on any atom is 0.333 e. The number of benzene rings is 1. The normalized spacial score (nSPS) is 14.3. The fourth-order valence-electron chi connectivity index (χ4n) is 1.87. The summed E-state index contributed by atoms with van der Waals surface area (Å²) in [6.07, 6.45) is 0. The van der Waals surface area contributed by atoms with Crippen molar-refractivity contribution >= 4 is 21.9 Å². The summed E-state index contributed by atoms with van der Waals surface area (Å²) in [5.74, 6) is -2.84. The number of halogens is 1. The minimum absolute atomic E-state index is 0.167. The summed E-state index contributed by atoms with van der Waals surface area (Å²) in [6.45, 7) is 2.17. The molecule has 9 heteroatoms. The first-order valence-corrected chi connectivity index (χ1v) is 8.38. The quantitative estimate of drug-likeness (QED) is 0.749. The van der Waals surface area contributed by atoms with E-state index in [1.807, 2.05) is 0 Å². The summed E-state index contributed by atoms with van der Waals surface area (Å²) in [4.78, 5) is 23.6. The van der Waals surface area contributed by atoms with E-state index in [1.165, 1.54) is 33.0 Å². The number of nitrogens with one attached hydrogen (secondary N) is 1. The number of nitrogens with zero attached hydrogens (tertiary/aromatic N) is 1.